The molecule has 3 saturated heterocycles. The number of carbonyl (C=O) groups is 1. The van der Waals surface area contributed by atoms with Crippen molar-refractivity contribution in [2.75, 3.05) is 0 Å². The SMILES string of the molecule is O=C(OC1C2OC3C1OC1CCC2C13)C1CC2C=CC1C2. The zero-order valence-electron chi connectivity index (χ0n) is 11.9. The summed E-state index contributed by atoms with van der Waals surface area (Å²) in [5.41, 5.74) is 0. The molecule has 6 rings (SSSR count). The summed E-state index contributed by atoms with van der Waals surface area (Å²) >= 11 is 0. The molecule has 0 spiro atoms. The molecule has 3 aliphatic carbocycles. The zero-order valence-corrected chi connectivity index (χ0v) is 11.9. The lowest BCUT2D eigenvalue weighted by atomic mass is 9.80. The van der Waals surface area contributed by atoms with E-state index in [1.54, 1.807) is 0 Å². The zero-order chi connectivity index (χ0) is 13.7. The van der Waals surface area contributed by atoms with E-state index in [9.17, 15) is 4.79 Å². The van der Waals surface area contributed by atoms with E-state index in [1.165, 1.54) is 12.8 Å². The number of esters is 1. The van der Waals surface area contributed by atoms with Crippen molar-refractivity contribution in [3.8, 4) is 0 Å². The minimum absolute atomic E-state index is 0.00377. The van der Waals surface area contributed by atoms with Gasteiger partial charge in [0, 0.05) is 5.92 Å². The smallest absolute Gasteiger partial charge is 0.310 e. The van der Waals surface area contributed by atoms with Gasteiger partial charge in [0.05, 0.1) is 18.1 Å². The quantitative estimate of drug-likeness (QED) is 0.573. The highest BCUT2D eigenvalue weighted by Gasteiger charge is 2.70. The molecule has 0 radical (unpaired) electrons. The summed E-state index contributed by atoms with van der Waals surface area (Å²) in [5, 5.41) is 0. The predicted molar refractivity (Wildman–Crippen MR) is 72.3 cm³/mol. The van der Waals surface area contributed by atoms with Crippen LogP contribution in [0.5, 0.6) is 0 Å². The van der Waals surface area contributed by atoms with Crippen molar-refractivity contribution in [2.45, 2.75) is 56.2 Å². The first-order chi connectivity index (χ1) is 10.3. The first-order valence-corrected chi connectivity index (χ1v) is 8.49. The van der Waals surface area contributed by atoms with E-state index >= 15 is 0 Å². The Balaban J connectivity index is 1.23. The summed E-state index contributed by atoms with van der Waals surface area (Å²) in [4.78, 5) is 12.6. The Morgan fingerprint density at radius 2 is 2.00 bits per heavy atom. The fourth-order valence-electron chi connectivity index (χ4n) is 6.14. The highest BCUT2D eigenvalue weighted by molar-refractivity contribution is 5.74. The Morgan fingerprint density at radius 3 is 2.81 bits per heavy atom. The lowest BCUT2D eigenvalue weighted by molar-refractivity contribution is -0.164. The summed E-state index contributed by atoms with van der Waals surface area (Å²) in [5.74, 6) is 2.24. The molecule has 0 aromatic rings. The maximum absolute atomic E-state index is 12.6. The Kier molecular flexibility index (Phi) is 2.06. The monoisotopic (exact) mass is 288 g/mol. The molecule has 21 heavy (non-hydrogen) atoms. The van der Waals surface area contributed by atoms with Crippen LogP contribution in [0.2, 0.25) is 0 Å². The van der Waals surface area contributed by atoms with E-state index in [1.807, 2.05) is 0 Å². The molecule has 10 unspecified atom stereocenters. The van der Waals surface area contributed by atoms with Crippen molar-refractivity contribution in [2.24, 2.45) is 29.6 Å². The van der Waals surface area contributed by atoms with Crippen molar-refractivity contribution < 1.29 is 19.0 Å². The Labute approximate surface area is 123 Å². The normalized spacial score (nSPS) is 61.1. The van der Waals surface area contributed by atoms with Gasteiger partial charge in [-0.15, -0.1) is 0 Å². The average molecular weight is 288 g/mol. The average Bonchev–Trinajstić information content (AvgIpc) is 3.25. The van der Waals surface area contributed by atoms with Gasteiger partial charge in [0.1, 0.15) is 12.2 Å². The van der Waals surface area contributed by atoms with Crippen LogP contribution in [-0.4, -0.2) is 36.5 Å². The van der Waals surface area contributed by atoms with Gasteiger partial charge in [-0.2, -0.15) is 0 Å². The molecule has 4 nitrogen and oxygen atoms in total. The van der Waals surface area contributed by atoms with Crippen molar-refractivity contribution in [3.63, 3.8) is 0 Å². The van der Waals surface area contributed by atoms with E-state index < -0.39 is 0 Å². The molecular weight excluding hydrogens is 268 g/mol. The lowest BCUT2D eigenvalue weighted by Crippen LogP contribution is -2.45. The Morgan fingerprint density at radius 1 is 1.05 bits per heavy atom. The first kappa shape index (κ1) is 11.7. The van der Waals surface area contributed by atoms with Gasteiger partial charge >= 0.3 is 5.97 Å². The largest absolute Gasteiger partial charge is 0.456 e. The lowest BCUT2D eigenvalue weighted by Gasteiger charge is -2.30. The fraction of sp³-hybridized carbons (Fsp3) is 0.824. The van der Waals surface area contributed by atoms with Crippen molar-refractivity contribution in [3.05, 3.63) is 12.2 Å². The predicted octanol–water partition coefficient (Wildman–Crippen LogP) is 1.68. The van der Waals surface area contributed by atoms with Crippen LogP contribution in [0.25, 0.3) is 0 Å². The maximum atomic E-state index is 12.6. The van der Waals surface area contributed by atoms with Crippen LogP contribution in [0.4, 0.5) is 0 Å². The summed E-state index contributed by atoms with van der Waals surface area (Å²) in [6, 6.07) is 0. The number of rotatable bonds is 2. The molecule has 4 bridgehead atoms. The molecule has 10 atom stereocenters. The van der Waals surface area contributed by atoms with Gasteiger partial charge in [0.2, 0.25) is 0 Å². The van der Waals surface area contributed by atoms with Crippen LogP contribution in [0.1, 0.15) is 25.7 Å². The molecule has 0 aromatic heterocycles. The second-order valence-electron chi connectivity index (χ2n) is 7.81. The second-order valence-corrected chi connectivity index (χ2v) is 7.81. The van der Waals surface area contributed by atoms with Gasteiger partial charge in [0.15, 0.2) is 6.10 Å². The fourth-order valence-corrected chi connectivity index (χ4v) is 6.14. The van der Waals surface area contributed by atoms with E-state index in [-0.39, 0.29) is 36.3 Å². The van der Waals surface area contributed by atoms with E-state index in [2.05, 4.69) is 12.2 Å². The van der Waals surface area contributed by atoms with Crippen LogP contribution in [-0.2, 0) is 19.0 Å². The van der Waals surface area contributed by atoms with Gasteiger partial charge in [-0.1, -0.05) is 12.2 Å². The van der Waals surface area contributed by atoms with E-state index in [4.69, 9.17) is 14.2 Å². The molecular formula is C17H20O4. The number of ether oxygens (including phenoxy) is 3. The van der Waals surface area contributed by atoms with Gasteiger partial charge in [0.25, 0.3) is 0 Å². The van der Waals surface area contributed by atoms with Gasteiger partial charge in [-0.3, -0.25) is 4.79 Å². The van der Waals surface area contributed by atoms with E-state index in [0.29, 0.717) is 29.8 Å². The molecule has 0 N–H and O–H groups in total. The molecule has 112 valence electrons. The molecule has 3 aliphatic heterocycles. The van der Waals surface area contributed by atoms with E-state index in [0.717, 1.165) is 12.8 Å². The molecule has 5 fully saturated rings. The molecule has 4 heteroatoms. The third kappa shape index (κ3) is 1.32. The molecule has 0 aromatic carbocycles. The third-order valence-electron chi connectivity index (χ3n) is 6.96. The Bertz CT molecular complexity index is 541. The highest BCUT2D eigenvalue weighted by atomic mass is 16.6. The minimum Gasteiger partial charge on any atom is -0.456 e. The number of hydrogen-bond acceptors (Lipinski definition) is 4. The second kappa shape index (κ2) is 3.72. The number of carbonyl (C=O) groups excluding carboxylic acids is 1. The number of hydrogen-bond donors (Lipinski definition) is 0. The molecule has 2 saturated carbocycles. The first-order valence-electron chi connectivity index (χ1n) is 8.49. The van der Waals surface area contributed by atoms with Crippen LogP contribution in [0.15, 0.2) is 12.2 Å². The number of allylic oxidation sites excluding steroid dienone is 2. The third-order valence-corrected chi connectivity index (χ3v) is 6.96. The van der Waals surface area contributed by atoms with Crippen LogP contribution in [0, 0.1) is 29.6 Å². The van der Waals surface area contributed by atoms with Crippen LogP contribution in [0.3, 0.4) is 0 Å². The Hall–Kier alpha value is -0.870. The van der Waals surface area contributed by atoms with Crippen LogP contribution >= 0.6 is 0 Å². The van der Waals surface area contributed by atoms with Crippen molar-refractivity contribution in [1.82, 2.24) is 0 Å². The summed E-state index contributed by atoms with van der Waals surface area (Å²) < 4.78 is 18.2. The van der Waals surface area contributed by atoms with Gasteiger partial charge in [-0.25, -0.2) is 0 Å². The standard InChI is InChI=1S/C17H20O4/c18-17(10-6-7-1-2-8(10)5-7)21-15-13-9-3-4-11-12(9)14(20-13)16(15)19-11/h1-2,7-16H,3-6H2. The summed E-state index contributed by atoms with van der Waals surface area (Å²) in [6.07, 6.45) is 9.47. The summed E-state index contributed by atoms with van der Waals surface area (Å²) in [6.45, 7) is 0. The summed E-state index contributed by atoms with van der Waals surface area (Å²) in [7, 11) is 0. The van der Waals surface area contributed by atoms with Gasteiger partial charge < -0.3 is 14.2 Å². The topological polar surface area (TPSA) is 44.8 Å². The molecule has 6 aliphatic rings. The highest BCUT2D eigenvalue weighted by Crippen LogP contribution is 2.59. The van der Waals surface area contributed by atoms with Crippen molar-refractivity contribution in [1.29, 1.82) is 0 Å². The van der Waals surface area contributed by atoms with Gasteiger partial charge in [-0.05, 0) is 43.4 Å². The van der Waals surface area contributed by atoms with Crippen molar-refractivity contribution >= 4 is 5.97 Å². The van der Waals surface area contributed by atoms with Crippen LogP contribution < -0.4 is 0 Å². The molecule has 3 heterocycles. The molecule has 0 amide bonds. The maximum Gasteiger partial charge on any atom is 0.310 e. The minimum atomic E-state index is -0.142. The number of fused-ring (bicyclic) bond motifs is 4.